The van der Waals surface area contributed by atoms with Gasteiger partial charge in [0.15, 0.2) is 0 Å². The van der Waals surface area contributed by atoms with E-state index in [-0.39, 0.29) is 17.8 Å². The highest BCUT2D eigenvalue weighted by Crippen LogP contribution is 2.22. The molecule has 0 N–H and O–H groups in total. The molecule has 0 radical (unpaired) electrons. The molecule has 7 heteroatoms. The van der Waals surface area contributed by atoms with Gasteiger partial charge in [0.2, 0.25) is 5.82 Å². The first-order valence-electron chi connectivity index (χ1n) is 7.60. The van der Waals surface area contributed by atoms with Gasteiger partial charge in [-0.25, -0.2) is 9.50 Å². The third-order valence-electron chi connectivity index (χ3n) is 4.06. The Balaban J connectivity index is 1.90. The molecule has 0 aliphatic carbocycles. The van der Waals surface area contributed by atoms with Crippen molar-refractivity contribution in [3.63, 3.8) is 0 Å². The fourth-order valence-corrected chi connectivity index (χ4v) is 2.68. The van der Waals surface area contributed by atoms with Crippen LogP contribution in [-0.2, 0) is 0 Å². The summed E-state index contributed by atoms with van der Waals surface area (Å²) >= 11 is 5.92. The van der Waals surface area contributed by atoms with E-state index in [0.717, 1.165) is 17.0 Å². The summed E-state index contributed by atoms with van der Waals surface area (Å²) in [5.41, 5.74) is 2.72. The molecule has 0 bridgehead atoms. The number of hydrogen-bond donors (Lipinski definition) is 0. The zero-order valence-corrected chi connectivity index (χ0v) is 14.7. The van der Waals surface area contributed by atoms with E-state index in [2.05, 4.69) is 15.1 Å². The van der Waals surface area contributed by atoms with Crippen molar-refractivity contribution in [2.45, 2.75) is 26.8 Å². The van der Waals surface area contributed by atoms with E-state index < -0.39 is 0 Å². The highest BCUT2D eigenvalue weighted by molar-refractivity contribution is 6.30. The van der Waals surface area contributed by atoms with E-state index in [0.29, 0.717) is 10.8 Å². The van der Waals surface area contributed by atoms with Crippen molar-refractivity contribution < 1.29 is 4.79 Å². The molecular weight excluding hydrogens is 326 g/mol. The Morgan fingerprint density at radius 2 is 1.88 bits per heavy atom. The Hall–Kier alpha value is -2.47. The van der Waals surface area contributed by atoms with Gasteiger partial charge in [-0.1, -0.05) is 23.7 Å². The number of aromatic nitrogens is 4. The summed E-state index contributed by atoms with van der Waals surface area (Å²) in [4.78, 5) is 22.9. The van der Waals surface area contributed by atoms with Crippen LogP contribution in [0.15, 0.2) is 30.3 Å². The lowest BCUT2D eigenvalue weighted by molar-refractivity contribution is 0.0730. The number of aryl methyl sites for hydroxylation is 2. The van der Waals surface area contributed by atoms with Gasteiger partial charge in [-0.3, -0.25) is 4.79 Å². The first-order chi connectivity index (χ1) is 11.4. The fraction of sp³-hybridized carbons (Fsp3) is 0.294. The van der Waals surface area contributed by atoms with E-state index in [1.54, 1.807) is 16.5 Å². The second kappa shape index (κ2) is 6.20. The minimum Gasteiger partial charge on any atom is -0.332 e. The van der Waals surface area contributed by atoms with Gasteiger partial charge < -0.3 is 4.90 Å². The molecule has 0 spiro atoms. The summed E-state index contributed by atoms with van der Waals surface area (Å²) in [5.74, 6) is 0.322. The minimum absolute atomic E-state index is 0.128. The molecular formula is C17H18ClN5O. The van der Waals surface area contributed by atoms with E-state index in [1.165, 1.54) is 0 Å². The number of hydrogen-bond acceptors (Lipinski definition) is 4. The topological polar surface area (TPSA) is 63.4 Å². The lowest BCUT2D eigenvalue weighted by atomic mass is 10.1. The molecule has 3 rings (SSSR count). The molecule has 0 aliphatic rings. The predicted octanol–water partition coefficient (Wildman–Crippen LogP) is 3.23. The zero-order chi connectivity index (χ0) is 17.4. The largest absolute Gasteiger partial charge is 0.332 e. The summed E-state index contributed by atoms with van der Waals surface area (Å²) in [5, 5.41) is 4.96. The van der Waals surface area contributed by atoms with Crippen LogP contribution in [0, 0.1) is 13.8 Å². The summed E-state index contributed by atoms with van der Waals surface area (Å²) in [7, 11) is 1.73. The molecule has 1 amide bonds. The molecule has 6 nitrogen and oxygen atoms in total. The summed E-state index contributed by atoms with van der Waals surface area (Å²) in [6, 6.07) is 9.20. The monoisotopic (exact) mass is 343 g/mol. The molecule has 0 saturated carbocycles. The van der Waals surface area contributed by atoms with Crippen LogP contribution in [0.5, 0.6) is 0 Å². The molecule has 0 aliphatic heterocycles. The van der Waals surface area contributed by atoms with Crippen LogP contribution < -0.4 is 0 Å². The molecule has 0 saturated heterocycles. The lowest BCUT2D eigenvalue weighted by Crippen LogP contribution is -2.30. The van der Waals surface area contributed by atoms with Crippen molar-refractivity contribution in [1.29, 1.82) is 0 Å². The maximum absolute atomic E-state index is 12.7. The Kier molecular flexibility index (Phi) is 4.24. The van der Waals surface area contributed by atoms with Crippen LogP contribution in [0.1, 0.15) is 40.5 Å². The maximum atomic E-state index is 12.7. The van der Waals surface area contributed by atoms with Gasteiger partial charge in [0, 0.05) is 23.5 Å². The predicted molar refractivity (Wildman–Crippen MR) is 92.2 cm³/mol. The van der Waals surface area contributed by atoms with Crippen molar-refractivity contribution in [1.82, 2.24) is 24.5 Å². The molecule has 124 valence electrons. The number of benzene rings is 1. The number of nitrogens with zero attached hydrogens (tertiary/aromatic N) is 5. The smallest absolute Gasteiger partial charge is 0.293 e. The van der Waals surface area contributed by atoms with Crippen LogP contribution in [0.2, 0.25) is 5.02 Å². The van der Waals surface area contributed by atoms with Gasteiger partial charge in [-0.2, -0.15) is 4.98 Å². The maximum Gasteiger partial charge on any atom is 0.293 e. The quantitative estimate of drug-likeness (QED) is 0.732. The number of fused-ring (bicyclic) bond motifs is 1. The van der Waals surface area contributed by atoms with E-state index in [4.69, 9.17) is 11.6 Å². The molecule has 0 fully saturated rings. The minimum atomic E-state index is -0.250. The fourth-order valence-electron chi connectivity index (χ4n) is 2.56. The molecule has 1 unspecified atom stereocenters. The van der Waals surface area contributed by atoms with Gasteiger partial charge in [-0.05, 0) is 44.5 Å². The Morgan fingerprint density at radius 3 is 2.54 bits per heavy atom. The molecule has 1 aromatic carbocycles. The summed E-state index contributed by atoms with van der Waals surface area (Å²) in [6.07, 6.45) is 0. The standard InChI is InChI=1S/C17H18ClN5O/c1-10-9-11(2)23-17(19-10)20-15(21-23)16(24)22(4)12(3)13-5-7-14(18)8-6-13/h5-9,12H,1-4H3. The zero-order valence-electron chi connectivity index (χ0n) is 14.0. The van der Waals surface area contributed by atoms with Gasteiger partial charge >= 0.3 is 0 Å². The Labute approximate surface area is 145 Å². The van der Waals surface area contributed by atoms with Crippen molar-refractivity contribution >= 4 is 23.3 Å². The van der Waals surface area contributed by atoms with Crippen LogP contribution in [0.4, 0.5) is 0 Å². The van der Waals surface area contributed by atoms with Crippen molar-refractivity contribution in [2.75, 3.05) is 7.05 Å². The Morgan fingerprint density at radius 1 is 1.21 bits per heavy atom. The SMILES string of the molecule is Cc1cc(C)n2nc(C(=O)N(C)C(C)c3ccc(Cl)cc3)nc2n1. The third kappa shape index (κ3) is 2.97. The van der Waals surface area contributed by atoms with E-state index in [1.807, 2.05) is 51.1 Å². The molecule has 2 heterocycles. The van der Waals surface area contributed by atoms with Gasteiger partial charge in [0.05, 0.1) is 6.04 Å². The molecule has 24 heavy (non-hydrogen) atoms. The van der Waals surface area contributed by atoms with Crippen LogP contribution >= 0.6 is 11.6 Å². The third-order valence-corrected chi connectivity index (χ3v) is 4.32. The second-order valence-corrected chi connectivity index (χ2v) is 6.27. The van der Waals surface area contributed by atoms with Crippen LogP contribution in [-0.4, -0.2) is 37.4 Å². The normalized spacial score (nSPS) is 12.4. The molecule has 2 aromatic heterocycles. The number of amides is 1. The van der Waals surface area contributed by atoms with Gasteiger partial charge in [0.25, 0.3) is 11.7 Å². The first-order valence-corrected chi connectivity index (χ1v) is 7.98. The van der Waals surface area contributed by atoms with E-state index >= 15 is 0 Å². The summed E-state index contributed by atoms with van der Waals surface area (Å²) in [6.45, 7) is 5.74. The number of carbonyl (C=O) groups is 1. The molecule has 3 aromatic rings. The second-order valence-electron chi connectivity index (χ2n) is 5.83. The first kappa shape index (κ1) is 16.4. The van der Waals surface area contributed by atoms with E-state index in [9.17, 15) is 4.79 Å². The average molecular weight is 344 g/mol. The van der Waals surface area contributed by atoms with Crippen LogP contribution in [0.25, 0.3) is 5.78 Å². The number of halogens is 1. The highest BCUT2D eigenvalue weighted by atomic mass is 35.5. The average Bonchev–Trinajstić information content (AvgIpc) is 2.97. The highest BCUT2D eigenvalue weighted by Gasteiger charge is 2.23. The molecule has 1 atom stereocenters. The van der Waals surface area contributed by atoms with Gasteiger partial charge in [-0.15, -0.1) is 5.10 Å². The number of rotatable bonds is 3. The van der Waals surface area contributed by atoms with Crippen molar-refractivity contribution in [3.8, 4) is 0 Å². The van der Waals surface area contributed by atoms with Crippen molar-refractivity contribution in [3.05, 3.63) is 58.1 Å². The van der Waals surface area contributed by atoms with Gasteiger partial charge in [0.1, 0.15) is 0 Å². The van der Waals surface area contributed by atoms with Crippen LogP contribution in [0.3, 0.4) is 0 Å². The Bertz CT molecular complexity index is 903. The lowest BCUT2D eigenvalue weighted by Gasteiger charge is -2.24. The van der Waals surface area contributed by atoms with Crippen molar-refractivity contribution in [2.24, 2.45) is 0 Å². The summed E-state index contributed by atoms with van der Waals surface area (Å²) < 4.78 is 1.58. The number of carbonyl (C=O) groups excluding carboxylic acids is 1.